The van der Waals surface area contributed by atoms with E-state index in [0.29, 0.717) is 22.3 Å². The standard InChI is InChI=1S/C17H18N4O3S/c1-11(25-17-20-19-15-6-4-5-9-21(15)17)16(22)18-12-7-8-13(23-2)14(10-12)24-3/h4-11H,1-3H3,(H,18,22)/t11-/m1/s1. The number of hydrogen-bond donors (Lipinski definition) is 1. The Kier molecular flexibility index (Phi) is 5.08. The van der Waals surface area contributed by atoms with Crippen LogP contribution in [0.1, 0.15) is 6.92 Å². The van der Waals surface area contributed by atoms with Gasteiger partial charge in [0.2, 0.25) is 5.91 Å². The molecule has 25 heavy (non-hydrogen) atoms. The summed E-state index contributed by atoms with van der Waals surface area (Å²) in [6, 6.07) is 10.9. The van der Waals surface area contributed by atoms with E-state index in [-0.39, 0.29) is 11.2 Å². The molecule has 0 radical (unpaired) electrons. The minimum atomic E-state index is -0.347. The van der Waals surface area contributed by atoms with E-state index in [4.69, 9.17) is 9.47 Å². The molecule has 0 saturated heterocycles. The molecule has 3 rings (SSSR count). The average molecular weight is 358 g/mol. The van der Waals surface area contributed by atoms with Crippen molar-refractivity contribution in [3.63, 3.8) is 0 Å². The van der Waals surface area contributed by atoms with Crippen LogP contribution in [0.5, 0.6) is 11.5 Å². The normalized spacial score (nSPS) is 12.0. The summed E-state index contributed by atoms with van der Waals surface area (Å²) in [5, 5.41) is 11.4. The van der Waals surface area contributed by atoms with Crippen LogP contribution in [-0.2, 0) is 4.79 Å². The molecule has 2 heterocycles. The van der Waals surface area contributed by atoms with Gasteiger partial charge in [0.05, 0.1) is 19.5 Å². The van der Waals surface area contributed by atoms with Crippen LogP contribution >= 0.6 is 11.8 Å². The van der Waals surface area contributed by atoms with E-state index in [2.05, 4.69) is 15.5 Å². The second-order valence-corrected chi connectivity index (χ2v) is 6.54. The van der Waals surface area contributed by atoms with Gasteiger partial charge >= 0.3 is 0 Å². The molecule has 3 aromatic rings. The SMILES string of the molecule is COc1ccc(NC(=O)[C@@H](C)Sc2nnc3ccccn23)cc1OC. The van der Waals surface area contributed by atoms with Crippen molar-refractivity contribution in [1.82, 2.24) is 14.6 Å². The lowest BCUT2D eigenvalue weighted by atomic mass is 10.2. The Morgan fingerprint density at radius 2 is 1.96 bits per heavy atom. The van der Waals surface area contributed by atoms with Crippen molar-refractivity contribution in [2.75, 3.05) is 19.5 Å². The van der Waals surface area contributed by atoms with Gasteiger partial charge in [0.15, 0.2) is 22.3 Å². The maximum atomic E-state index is 12.5. The molecule has 0 fully saturated rings. The number of anilines is 1. The van der Waals surface area contributed by atoms with Gasteiger partial charge in [0, 0.05) is 18.0 Å². The Bertz CT molecular complexity index is 896. The monoisotopic (exact) mass is 358 g/mol. The number of benzene rings is 1. The molecule has 7 nitrogen and oxygen atoms in total. The van der Waals surface area contributed by atoms with Gasteiger partial charge in [0.1, 0.15) is 0 Å². The Morgan fingerprint density at radius 3 is 2.72 bits per heavy atom. The van der Waals surface area contributed by atoms with E-state index in [1.54, 1.807) is 32.4 Å². The second-order valence-electron chi connectivity index (χ2n) is 5.23. The van der Waals surface area contributed by atoms with Crippen molar-refractivity contribution in [3.8, 4) is 11.5 Å². The zero-order valence-electron chi connectivity index (χ0n) is 14.1. The smallest absolute Gasteiger partial charge is 0.237 e. The van der Waals surface area contributed by atoms with Gasteiger partial charge in [-0.25, -0.2) is 0 Å². The first-order valence-electron chi connectivity index (χ1n) is 7.61. The zero-order valence-corrected chi connectivity index (χ0v) is 14.9. The van der Waals surface area contributed by atoms with Crippen molar-refractivity contribution in [2.45, 2.75) is 17.3 Å². The number of methoxy groups -OCH3 is 2. The summed E-state index contributed by atoms with van der Waals surface area (Å²) in [5.74, 6) is 1.03. The predicted molar refractivity (Wildman–Crippen MR) is 96.5 cm³/mol. The number of thioether (sulfide) groups is 1. The van der Waals surface area contributed by atoms with Gasteiger partial charge in [-0.15, -0.1) is 10.2 Å². The highest BCUT2D eigenvalue weighted by Gasteiger charge is 2.18. The van der Waals surface area contributed by atoms with E-state index in [0.717, 1.165) is 5.65 Å². The van der Waals surface area contributed by atoms with E-state index in [1.807, 2.05) is 35.7 Å². The van der Waals surface area contributed by atoms with Gasteiger partial charge in [-0.3, -0.25) is 9.20 Å². The third-order valence-electron chi connectivity index (χ3n) is 3.58. The van der Waals surface area contributed by atoms with Gasteiger partial charge in [-0.2, -0.15) is 0 Å². The predicted octanol–water partition coefficient (Wildman–Crippen LogP) is 2.87. The number of carbonyl (C=O) groups excluding carboxylic acids is 1. The van der Waals surface area contributed by atoms with Crippen molar-refractivity contribution in [2.24, 2.45) is 0 Å². The fourth-order valence-corrected chi connectivity index (χ4v) is 3.11. The first kappa shape index (κ1) is 17.1. The molecule has 1 amide bonds. The Labute approximate surface area is 149 Å². The van der Waals surface area contributed by atoms with Gasteiger partial charge in [-0.1, -0.05) is 17.8 Å². The third-order valence-corrected chi connectivity index (χ3v) is 4.64. The maximum absolute atomic E-state index is 12.5. The third kappa shape index (κ3) is 3.69. The average Bonchev–Trinajstić information content (AvgIpc) is 3.04. The zero-order chi connectivity index (χ0) is 17.8. The molecule has 0 bridgehead atoms. The highest BCUT2D eigenvalue weighted by molar-refractivity contribution is 8.00. The molecule has 1 N–H and O–H groups in total. The van der Waals surface area contributed by atoms with Crippen molar-refractivity contribution < 1.29 is 14.3 Å². The highest BCUT2D eigenvalue weighted by atomic mass is 32.2. The topological polar surface area (TPSA) is 77.8 Å². The van der Waals surface area contributed by atoms with Crippen molar-refractivity contribution >= 4 is 29.0 Å². The van der Waals surface area contributed by atoms with Crippen molar-refractivity contribution in [3.05, 3.63) is 42.6 Å². The lowest BCUT2D eigenvalue weighted by Gasteiger charge is -2.13. The molecule has 1 atom stereocenters. The first-order valence-corrected chi connectivity index (χ1v) is 8.49. The number of fused-ring (bicyclic) bond motifs is 1. The second kappa shape index (κ2) is 7.43. The largest absolute Gasteiger partial charge is 0.493 e. The summed E-state index contributed by atoms with van der Waals surface area (Å²) >= 11 is 1.35. The molecule has 0 aliphatic rings. The van der Waals surface area contributed by atoms with Crippen LogP contribution in [-0.4, -0.2) is 40.0 Å². The molecule has 0 saturated carbocycles. The summed E-state index contributed by atoms with van der Waals surface area (Å²) in [4.78, 5) is 12.5. The van der Waals surface area contributed by atoms with E-state index < -0.39 is 0 Å². The van der Waals surface area contributed by atoms with Gasteiger partial charge in [0.25, 0.3) is 0 Å². The molecule has 0 aliphatic heterocycles. The number of nitrogens with zero attached hydrogens (tertiary/aromatic N) is 3. The number of aromatic nitrogens is 3. The molecule has 130 valence electrons. The lowest BCUT2D eigenvalue weighted by molar-refractivity contribution is -0.115. The number of pyridine rings is 1. The van der Waals surface area contributed by atoms with Crippen LogP contribution in [0.2, 0.25) is 0 Å². The number of amides is 1. The highest BCUT2D eigenvalue weighted by Crippen LogP contribution is 2.30. The van der Waals surface area contributed by atoms with E-state index in [1.165, 1.54) is 11.8 Å². The molecule has 0 spiro atoms. The fraction of sp³-hybridized carbons (Fsp3) is 0.235. The van der Waals surface area contributed by atoms with Gasteiger partial charge < -0.3 is 14.8 Å². The molecule has 0 unspecified atom stereocenters. The Balaban J connectivity index is 1.70. The first-order chi connectivity index (χ1) is 12.1. The Morgan fingerprint density at radius 1 is 1.16 bits per heavy atom. The van der Waals surface area contributed by atoms with E-state index in [9.17, 15) is 4.79 Å². The molecule has 8 heteroatoms. The van der Waals surface area contributed by atoms with Gasteiger partial charge in [-0.05, 0) is 31.2 Å². The molecular weight excluding hydrogens is 340 g/mol. The molecular formula is C17H18N4O3S. The lowest BCUT2D eigenvalue weighted by Crippen LogP contribution is -2.22. The quantitative estimate of drug-likeness (QED) is 0.683. The number of ether oxygens (including phenoxy) is 2. The van der Waals surface area contributed by atoms with Crippen LogP contribution in [0.25, 0.3) is 5.65 Å². The summed E-state index contributed by atoms with van der Waals surface area (Å²) in [6.07, 6.45) is 1.87. The minimum absolute atomic E-state index is 0.134. The number of hydrogen-bond acceptors (Lipinski definition) is 6. The van der Waals surface area contributed by atoms with Crippen LogP contribution in [0.15, 0.2) is 47.8 Å². The summed E-state index contributed by atoms with van der Waals surface area (Å²) < 4.78 is 12.3. The molecule has 0 aliphatic carbocycles. The summed E-state index contributed by atoms with van der Waals surface area (Å²) in [7, 11) is 3.12. The van der Waals surface area contributed by atoms with Crippen molar-refractivity contribution in [1.29, 1.82) is 0 Å². The summed E-state index contributed by atoms with van der Waals surface area (Å²) in [6.45, 7) is 1.82. The van der Waals surface area contributed by atoms with Crippen LogP contribution < -0.4 is 14.8 Å². The number of rotatable bonds is 6. The maximum Gasteiger partial charge on any atom is 0.237 e. The number of carbonyl (C=O) groups is 1. The minimum Gasteiger partial charge on any atom is -0.493 e. The molecule has 2 aromatic heterocycles. The fourth-order valence-electron chi connectivity index (χ4n) is 2.27. The summed E-state index contributed by atoms with van der Waals surface area (Å²) in [5.41, 5.74) is 1.39. The van der Waals surface area contributed by atoms with E-state index >= 15 is 0 Å². The molecule has 1 aromatic carbocycles. The van der Waals surface area contributed by atoms with Crippen LogP contribution in [0.4, 0.5) is 5.69 Å². The number of nitrogens with one attached hydrogen (secondary N) is 1. The van der Waals surface area contributed by atoms with Crippen LogP contribution in [0, 0.1) is 0 Å². The van der Waals surface area contributed by atoms with Crippen LogP contribution in [0.3, 0.4) is 0 Å². The Hall–Kier alpha value is -2.74.